The zero-order valence-electron chi connectivity index (χ0n) is 15.3. The predicted molar refractivity (Wildman–Crippen MR) is 120 cm³/mol. The average Bonchev–Trinajstić information content (AvgIpc) is 2.79. The molecule has 0 aromatic heterocycles. The molecular weight excluding hydrogens is 383 g/mol. The van der Waals surface area contributed by atoms with E-state index in [2.05, 4.69) is 72.8 Å². The Morgan fingerprint density at radius 3 is 0.964 bits per heavy atom. The van der Waals surface area contributed by atoms with Crippen LogP contribution >= 0.6 is 23.2 Å². The molecule has 138 valence electrons. The number of alkyl halides is 2. The van der Waals surface area contributed by atoms with Crippen LogP contribution in [0.3, 0.4) is 0 Å². The van der Waals surface area contributed by atoms with Crippen LogP contribution in [-0.2, 0) is 0 Å². The third-order valence-electron chi connectivity index (χ3n) is 4.92. The van der Waals surface area contributed by atoms with Crippen molar-refractivity contribution in [3.63, 3.8) is 0 Å². The largest absolute Gasteiger partial charge is 0.113 e. The van der Waals surface area contributed by atoms with Gasteiger partial charge in [-0.15, -0.1) is 23.2 Å². The van der Waals surface area contributed by atoms with E-state index in [1.54, 1.807) is 0 Å². The van der Waals surface area contributed by atoms with Crippen LogP contribution in [0.15, 0.2) is 109 Å². The van der Waals surface area contributed by atoms with Crippen molar-refractivity contribution in [1.82, 2.24) is 0 Å². The van der Waals surface area contributed by atoms with Crippen molar-refractivity contribution < 1.29 is 0 Å². The third-order valence-corrected chi connectivity index (χ3v) is 5.93. The van der Waals surface area contributed by atoms with Gasteiger partial charge in [0.25, 0.3) is 0 Å². The van der Waals surface area contributed by atoms with Crippen LogP contribution in [0, 0.1) is 0 Å². The van der Waals surface area contributed by atoms with Gasteiger partial charge in [-0.2, -0.15) is 0 Å². The standard InChI is InChI=1S/C26H20Cl2/c27-25(21-7-3-1-4-8-21)23-15-11-19(12-16-23)20-13-17-24(18-14-20)26(28)22-9-5-2-6-10-22/h1-18,25-26H. The van der Waals surface area contributed by atoms with Crippen molar-refractivity contribution in [2.24, 2.45) is 0 Å². The number of hydrogen-bond donors (Lipinski definition) is 0. The Morgan fingerprint density at radius 1 is 0.357 bits per heavy atom. The van der Waals surface area contributed by atoms with E-state index in [4.69, 9.17) is 23.2 Å². The fourth-order valence-electron chi connectivity index (χ4n) is 3.32. The molecule has 0 spiro atoms. The van der Waals surface area contributed by atoms with Crippen LogP contribution in [0.25, 0.3) is 11.1 Å². The second-order valence-electron chi connectivity index (χ2n) is 6.79. The van der Waals surface area contributed by atoms with Gasteiger partial charge in [0, 0.05) is 0 Å². The van der Waals surface area contributed by atoms with E-state index in [9.17, 15) is 0 Å². The normalized spacial score (nSPS) is 13.1. The summed E-state index contributed by atoms with van der Waals surface area (Å²) in [6.07, 6.45) is 0. The van der Waals surface area contributed by atoms with Gasteiger partial charge >= 0.3 is 0 Å². The Hall–Kier alpha value is -2.54. The third kappa shape index (κ3) is 4.14. The number of halogens is 2. The summed E-state index contributed by atoms with van der Waals surface area (Å²) >= 11 is 13.3. The minimum Gasteiger partial charge on any atom is -0.113 e. The number of rotatable bonds is 5. The highest BCUT2D eigenvalue weighted by molar-refractivity contribution is 6.23. The predicted octanol–water partition coefficient (Wildman–Crippen LogP) is 8.01. The summed E-state index contributed by atoms with van der Waals surface area (Å²) in [5.41, 5.74) is 6.73. The second-order valence-corrected chi connectivity index (χ2v) is 7.66. The van der Waals surface area contributed by atoms with Gasteiger partial charge in [-0.3, -0.25) is 0 Å². The molecule has 0 aliphatic heterocycles. The van der Waals surface area contributed by atoms with Gasteiger partial charge in [-0.05, 0) is 33.4 Å². The van der Waals surface area contributed by atoms with Crippen LogP contribution in [0.2, 0.25) is 0 Å². The van der Waals surface area contributed by atoms with Crippen LogP contribution in [0.4, 0.5) is 0 Å². The SMILES string of the molecule is ClC(c1ccccc1)c1ccc(-c2ccc(C(Cl)c3ccccc3)cc2)cc1. The van der Waals surface area contributed by atoms with E-state index in [1.807, 2.05) is 36.4 Å². The molecule has 0 fully saturated rings. The maximum absolute atomic E-state index is 6.63. The quantitative estimate of drug-likeness (QED) is 0.296. The van der Waals surface area contributed by atoms with Gasteiger partial charge in [0.15, 0.2) is 0 Å². The highest BCUT2D eigenvalue weighted by Crippen LogP contribution is 2.32. The summed E-state index contributed by atoms with van der Waals surface area (Å²) in [5, 5.41) is -0.277. The summed E-state index contributed by atoms with van der Waals surface area (Å²) in [6.45, 7) is 0. The molecule has 0 aliphatic carbocycles. The van der Waals surface area contributed by atoms with E-state index in [-0.39, 0.29) is 10.8 Å². The summed E-state index contributed by atoms with van der Waals surface area (Å²) in [7, 11) is 0. The maximum Gasteiger partial charge on any atom is 0.0835 e. The maximum atomic E-state index is 6.63. The van der Waals surface area contributed by atoms with Crippen LogP contribution in [0.5, 0.6) is 0 Å². The first-order valence-electron chi connectivity index (χ1n) is 9.31. The molecule has 2 heteroatoms. The first kappa shape index (κ1) is 18.8. The second kappa shape index (κ2) is 8.65. The Bertz CT molecular complexity index is 920. The van der Waals surface area contributed by atoms with E-state index in [0.29, 0.717) is 0 Å². The molecule has 4 aromatic carbocycles. The molecule has 0 heterocycles. The van der Waals surface area contributed by atoms with Gasteiger partial charge in [-0.25, -0.2) is 0 Å². The molecule has 0 nitrogen and oxygen atoms in total. The molecular formula is C26H20Cl2. The first-order chi connectivity index (χ1) is 13.7. The number of hydrogen-bond acceptors (Lipinski definition) is 0. The van der Waals surface area contributed by atoms with Gasteiger partial charge in [0.1, 0.15) is 0 Å². The van der Waals surface area contributed by atoms with Crippen molar-refractivity contribution in [2.75, 3.05) is 0 Å². The summed E-state index contributed by atoms with van der Waals surface area (Å²) in [5.74, 6) is 0. The molecule has 0 amide bonds. The summed E-state index contributed by atoms with van der Waals surface area (Å²) < 4.78 is 0. The Balaban J connectivity index is 1.52. The highest BCUT2D eigenvalue weighted by atomic mass is 35.5. The fourth-order valence-corrected chi connectivity index (χ4v) is 3.90. The van der Waals surface area contributed by atoms with E-state index in [1.165, 1.54) is 0 Å². The highest BCUT2D eigenvalue weighted by Gasteiger charge is 2.12. The monoisotopic (exact) mass is 402 g/mol. The molecule has 2 unspecified atom stereocenters. The van der Waals surface area contributed by atoms with Crippen molar-refractivity contribution in [1.29, 1.82) is 0 Å². The first-order valence-corrected chi connectivity index (χ1v) is 10.2. The summed E-state index contributed by atoms with van der Waals surface area (Å²) in [4.78, 5) is 0. The fraction of sp³-hybridized carbons (Fsp3) is 0.0769. The van der Waals surface area contributed by atoms with E-state index in [0.717, 1.165) is 33.4 Å². The number of benzene rings is 4. The smallest absolute Gasteiger partial charge is 0.0835 e. The molecule has 0 radical (unpaired) electrons. The molecule has 28 heavy (non-hydrogen) atoms. The molecule has 4 aromatic rings. The van der Waals surface area contributed by atoms with Crippen molar-refractivity contribution >= 4 is 23.2 Å². The Labute approximate surface area is 176 Å². The van der Waals surface area contributed by atoms with Crippen molar-refractivity contribution in [3.8, 4) is 11.1 Å². The van der Waals surface area contributed by atoms with Crippen molar-refractivity contribution in [2.45, 2.75) is 10.8 Å². The van der Waals surface area contributed by atoms with Gasteiger partial charge in [0.05, 0.1) is 10.8 Å². The van der Waals surface area contributed by atoms with Crippen LogP contribution in [-0.4, -0.2) is 0 Å². The lowest BCUT2D eigenvalue weighted by atomic mass is 9.98. The summed E-state index contributed by atoms with van der Waals surface area (Å²) in [6, 6.07) is 37.2. The minimum atomic E-state index is -0.138. The van der Waals surface area contributed by atoms with Gasteiger partial charge in [-0.1, -0.05) is 109 Å². The van der Waals surface area contributed by atoms with Gasteiger partial charge in [0.2, 0.25) is 0 Å². The van der Waals surface area contributed by atoms with E-state index >= 15 is 0 Å². The zero-order chi connectivity index (χ0) is 19.3. The minimum absolute atomic E-state index is 0.138. The van der Waals surface area contributed by atoms with Crippen LogP contribution < -0.4 is 0 Å². The van der Waals surface area contributed by atoms with Crippen molar-refractivity contribution in [3.05, 3.63) is 131 Å². The Kier molecular flexibility index (Phi) is 5.81. The average molecular weight is 403 g/mol. The lowest BCUT2D eigenvalue weighted by Gasteiger charge is -2.13. The molecule has 0 bridgehead atoms. The zero-order valence-corrected chi connectivity index (χ0v) is 16.8. The molecule has 0 aliphatic rings. The molecule has 2 atom stereocenters. The Morgan fingerprint density at radius 2 is 0.643 bits per heavy atom. The lowest BCUT2D eigenvalue weighted by molar-refractivity contribution is 1.14. The molecule has 0 N–H and O–H groups in total. The molecule has 4 rings (SSSR count). The molecule has 0 saturated heterocycles. The lowest BCUT2D eigenvalue weighted by Crippen LogP contribution is -1.94. The van der Waals surface area contributed by atoms with Crippen LogP contribution in [0.1, 0.15) is 33.0 Å². The molecule has 0 saturated carbocycles. The van der Waals surface area contributed by atoms with Gasteiger partial charge < -0.3 is 0 Å². The topological polar surface area (TPSA) is 0 Å². The van der Waals surface area contributed by atoms with E-state index < -0.39 is 0 Å².